The van der Waals surface area contributed by atoms with Gasteiger partial charge in [0, 0.05) is 17.6 Å². The molecular weight excluding hydrogens is 296 g/mol. The summed E-state index contributed by atoms with van der Waals surface area (Å²) in [5.41, 5.74) is 1.00. The zero-order valence-corrected chi connectivity index (χ0v) is 13.8. The van der Waals surface area contributed by atoms with E-state index in [9.17, 15) is 8.42 Å². The molecule has 0 saturated heterocycles. The molecule has 0 bridgehead atoms. The summed E-state index contributed by atoms with van der Waals surface area (Å²) in [5.74, 6) is 0.180. The fraction of sp³-hybridized carbons (Fsp3) is 0.571. The second kappa shape index (κ2) is 7.98. The van der Waals surface area contributed by atoms with Crippen LogP contribution in [0.1, 0.15) is 31.4 Å². The van der Waals surface area contributed by atoms with E-state index in [1.165, 1.54) is 0 Å². The number of rotatable bonds is 8. The third-order valence-corrected chi connectivity index (χ3v) is 4.79. The van der Waals surface area contributed by atoms with Gasteiger partial charge < -0.3 is 4.90 Å². The van der Waals surface area contributed by atoms with Crippen molar-refractivity contribution in [3.8, 4) is 0 Å². The van der Waals surface area contributed by atoms with Crippen LogP contribution in [0.4, 0.5) is 0 Å². The molecule has 0 amide bonds. The van der Waals surface area contributed by atoms with Crippen molar-refractivity contribution in [1.29, 1.82) is 0 Å². The van der Waals surface area contributed by atoms with E-state index in [1.54, 1.807) is 0 Å². The third kappa shape index (κ3) is 5.79. The lowest BCUT2D eigenvalue weighted by Gasteiger charge is -2.25. The van der Waals surface area contributed by atoms with E-state index in [2.05, 4.69) is 4.72 Å². The summed E-state index contributed by atoms with van der Waals surface area (Å²) in [7, 11) is 0.645. The second-order valence-corrected chi connectivity index (χ2v) is 7.42. The fourth-order valence-electron chi connectivity index (χ4n) is 1.92. The average molecular weight is 319 g/mol. The average Bonchev–Trinajstić information content (AvgIpc) is 2.36. The minimum Gasteiger partial charge on any atom is -0.301 e. The number of likely N-dealkylation sites (N-methyl/N-ethyl adjacent to an activating group) is 1. The molecule has 0 aliphatic rings. The summed E-state index contributed by atoms with van der Waals surface area (Å²) in [6.45, 7) is 2.32. The molecule has 20 heavy (non-hydrogen) atoms. The van der Waals surface area contributed by atoms with Crippen molar-refractivity contribution in [2.45, 2.75) is 25.8 Å². The van der Waals surface area contributed by atoms with E-state index < -0.39 is 10.0 Å². The number of sulfonamides is 1. The van der Waals surface area contributed by atoms with Gasteiger partial charge in [0.25, 0.3) is 0 Å². The first-order valence-corrected chi connectivity index (χ1v) is 8.78. The minimum absolute atomic E-state index is 0.0369. The van der Waals surface area contributed by atoms with Crippen LogP contribution in [0.5, 0.6) is 0 Å². The van der Waals surface area contributed by atoms with Gasteiger partial charge in [0.05, 0.1) is 5.75 Å². The van der Waals surface area contributed by atoms with Gasteiger partial charge in [0.15, 0.2) is 0 Å². The Morgan fingerprint density at radius 3 is 2.60 bits per heavy atom. The molecule has 1 aromatic carbocycles. The van der Waals surface area contributed by atoms with Crippen LogP contribution in [0.25, 0.3) is 0 Å². The van der Waals surface area contributed by atoms with Crippen LogP contribution >= 0.6 is 11.6 Å². The van der Waals surface area contributed by atoms with Crippen molar-refractivity contribution in [2.24, 2.45) is 0 Å². The number of halogens is 1. The quantitative estimate of drug-likeness (QED) is 0.801. The van der Waals surface area contributed by atoms with Crippen LogP contribution in [0.2, 0.25) is 5.02 Å². The summed E-state index contributed by atoms with van der Waals surface area (Å²) >= 11 is 6.00. The maximum Gasteiger partial charge on any atom is 0.211 e. The van der Waals surface area contributed by atoms with E-state index in [0.29, 0.717) is 18.0 Å². The minimum atomic E-state index is -3.20. The molecule has 6 heteroatoms. The van der Waals surface area contributed by atoms with Crippen molar-refractivity contribution in [2.75, 3.05) is 26.4 Å². The predicted octanol–water partition coefficient (Wildman–Crippen LogP) is 2.66. The van der Waals surface area contributed by atoms with Crippen molar-refractivity contribution < 1.29 is 8.42 Å². The van der Waals surface area contributed by atoms with E-state index >= 15 is 0 Å². The molecule has 0 aliphatic heterocycles. The first-order chi connectivity index (χ1) is 9.35. The summed E-state index contributed by atoms with van der Waals surface area (Å²) in [6, 6.07) is 7.47. The van der Waals surface area contributed by atoms with Crippen LogP contribution in [0, 0.1) is 0 Å². The molecule has 1 unspecified atom stereocenters. The Bertz CT molecular complexity index is 518. The second-order valence-electron chi connectivity index (χ2n) is 5.06. The van der Waals surface area contributed by atoms with Crippen molar-refractivity contribution in [1.82, 2.24) is 9.62 Å². The lowest BCUT2D eigenvalue weighted by atomic mass is 10.1. The molecule has 1 rings (SSSR count). The molecular formula is C14H23ClN2O2S. The van der Waals surface area contributed by atoms with E-state index in [0.717, 1.165) is 12.0 Å². The molecule has 0 radical (unpaired) electrons. The number of unbranched alkanes of at least 4 members (excludes halogenated alkanes) is 1. The normalized spacial score (nSPS) is 13.7. The highest BCUT2D eigenvalue weighted by Crippen LogP contribution is 2.21. The Labute approximate surface area is 127 Å². The smallest absolute Gasteiger partial charge is 0.211 e. The molecule has 0 aliphatic carbocycles. The molecule has 0 aromatic heterocycles. The maximum absolute atomic E-state index is 11.9. The Balaban J connectivity index is 2.74. The molecule has 0 heterocycles. The Morgan fingerprint density at radius 2 is 2.05 bits per heavy atom. The van der Waals surface area contributed by atoms with E-state index in [1.807, 2.05) is 50.2 Å². The van der Waals surface area contributed by atoms with Crippen LogP contribution in [-0.2, 0) is 10.0 Å². The van der Waals surface area contributed by atoms with Crippen LogP contribution in [0.3, 0.4) is 0 Å². The van der Waals surface area contributed by atoms with Crippen molar-refractivity contribution in [3.05, 3.63) is 34.9 Å². The molecule has 114 valence electrons. The highest BCUT2D eigenvalue weighted by molar-refractivity contribution is 7.89. The van der Waals surface area contributed by atoms with Gasteiger partial charge in [-0.05, 0) is 38.2 Å². The Morgan fingerprint density at radius 1 is 1.35 bits per heavy atom. The van der Waals surface area contributed by atoms with Gasteiger partial charge in [-0.2, -0.15) is 0 Å². The molecule has 1 atom stereocenters. The topological polar surface area (TPSA) is 49.4 Å². The molecule has 0 saturated carbocycles. The molecule has 0 fully saturated rings. The number of hydrogen-bond donors (Lipinski definition) is 1. The lowest BCUT2D eigenvalue weighted by molar-refractivity contribution is 0.299. The molecule has 0 spiro atoms. The zero-order chi connectivity index (χ0) is 15.2. The predicted molar refractivity (Wildman–Crippen MR) is 84.6 cm³/mol. The highest BCUT2D eigenvalue weighted by Gasteiger charge is 2.18. The molecule has 1 aromatic rings. The van der Waals surface area contributed by atoms with Gasteiger partial charge in [-0.25, -0.2) is 13.1 Å². The van der Waals surface area contributed by atoms with E-state index in [-0.39, 0.29) is 11.8 Å². The highest BCUT2D eigenvalue weighted by atomic mass is 35.5. The third-order valence-electron chi connectivity index (χ3n) is 3.12. The standard InChI is InChI=1S/C14H23ClN2O2S/c1-4-5-9-20(18,19)16-11-14(17(2)3)12-7-6-8-13(15)10-12/h6-8,10,14,16H,4-5,9,11H2,1-3H3. The SMILES string of the molecule is CCCCS(=O)(=O)NCC(c1cccc(Cl)c1)N(C)C. The van der Waals surface area contributed by atoms with Crippen LogP contribution in [-0.4, -0.2) is 39.7 Å². The fourth-order valence-corrected chi connectivity index (χ4v) is 3.35. The van der Waals surface area contributed by atoms with Crippen LogP contribution in [0.15, 0.2) is 24.3 Å². The number of hydrogen-bond acceptors (Lipinski definition) is 3. The lowest BCUT2D eigenvalue weighted by Crippen LogP contribution is -2.35. The number of benzene rings is 1. The first-order valence-electron chi connectivity index (χ1n) is 6.75. The maximum atomic E-state index is 11.9. The summed E-state index contributed by atoms with van der Waals surface area (Å²) in [4.78, 5) is 1.98. The largest absolute Gasteiger partial charge is 0.301 e. The summed E-state index contributed by atoms with van der Waals surface area (Å²) in [5, 5.41) is 0.656. The Kier molecular flexibility index (Phi) is 6.95. The Hall–Kier alpha value is -0.620. The van der Waals surface area contributed by atoms with Crippen LogP contribution < -0.4 is 4.72 Å². The van der Waals surface area contributed by atoms with Gasteiger partial charge in [-0.3, -0.25) is 0 Å². The zero-order valence-electron chi connectivity index (χ0n) is 12.3. The molecule has 1 N–H and O–H groups in total. The number of nitrogens with zero attached hydrogens (tertiary/aromatic N) is 1. The van der Waals surface area contributed by atoms with Gasteiger partial charge in [-0.15, -0.1) is 0 Å². The number of nitrogens with one attached hydrogen (secondary N) is 1. The van der Waals surface area contributed by atoms with Gasteiger partial charge in [-0.1, -0.05) is 37.1 Å². The van der Waals surface area contributed by atoms with E-state index in [4.69, 9.17) is 11.6 Å². The summed E-state index contributed by atoms with van der Waals surface area (Å²) < 4.78 is 26.4. The van der Waals surface area contributed by atoms with Crippen molar-refractivity contribution in [3.63, 3.8) is 0 Å². The summed E-state index contributed by atoms with van der Waals surface area (Å²) in [6.07, 6.45) is 1.55. The molecule has 4 nitrogen and oxygen atoms in total. The first kappa shape index (κ1) is 17.4. The van der Waals surface area contributed by atoms with Crippen molar-refractivity contribution >= 4 is 21.6 Å². The van der Waals surface area contributed by atoms with Gasteiger partial charge in [0.2, 0.25) is 10.0 Å². The van der Waals surface area contributed by atoms with Gasteiger partial charge >= 0.3 is 0 Å². The van der Waals surface area contributed by atoms with Gasteiger partial charge in [0.1, 0.15) is 0 Å². The monoisotopic (exact) mass is 318 g/mol.